The average Bonchev–Trinajstić information content (AvgIpc) is 2.08. The minimum absolute atomic E-state index is 0.126. The number of benzene rings is 1. The standard InChI is InChI=1S/C9H11NO3/c1-6(10)9(12)13-8-4-2-7(11)3-5-8/h2-6,11H,10H2,1H3/t6-/m0/s1. The highest BCUT2D eigenvalue weighted by Gasteiger charge is 2.09. The fourth-order valence-corrected chi connectivity index (χ4v) is 0.723. The minimum atomic E-state index is -0.645. The number of rotatable bonds is 2. The van der Waals surface area contributed by atoms with Crippen LogP contribution in [-0.4, -0.2) is 17.1 Å². The van der Waals surface area contributed by atoms with E-state index < -0.39 is 12.0 Å². The maximum atomic E-state index is 11.0. The molecule has 0 bridgehead atoms. The highest BCUT2D eigenvalue weighted by atomic mass is 16.5. The third kappa shape index (κ3) is 2.76. The van der Waals surface area contributed by atoms with Gasteiger partial charge in [-0.25, -0.2) is 4.79 Å². The van der Waals surface area contributed by atoms with Crippen LogP contribution in [0.1, 0.15) is 6.92 Å². The Morgan fingerprint density at radius 1 is 1.46 bits per heavy atom. The third-order valence-corrected chi connectivity index (χ3v) is 1.43. The molecule has 0 aliphatic heterocycles. The molecule has 0 fully saturated rings. The van der Waals surface area contributed by atoms with Gasteiger partial charge in [-0.1, -0.05) is 0 Å². The van der Waals surface area contributed by atoms with Crippen molar-refractivity contribution in [2.45, 2.75) is 13.0 Å². The molecule has 3 N–H and O–H groups in total. The third-order valence-electron chi connectivity index (χ3n) is 1.43. The number of nitrogens with two attached hydrogens (primary N) is 1. The molecule has 1 atom stereocenters. The van der Waals surface area contributed by atoms with Crippen molar-refractivity contribution in [3.8, 4) is 11.5 Å². The van der Waals surface area contributed by atoms with Gasteiger partial charge in [-0.3, -0.25) is 0 Å². The first-order valence-corrected chi connectivity index (χ1v) is 3.86. The van der Waals surface area contributed by atoms with Gasteiger partial charge in [0.15, 0.2) is 0 Å². The van der Waals surface area contributed by atoms with E-state index in [2.05, 4.69) is 0 Å². The summed E-state index contributed by atoms with van der Waals surface area (Å²) in [7, 11) is 0. The molecule has 0 aliphatic rings. The average molecular weight is 181 g/mol. The van der Waals surface area contributed by atoms with E-state index in [9.17, 15) is 4.79 Å². The van der Waals surface area contributed by atoms with Crippen LogP contribution in [0.15, 0.2) is 24.3 Å². The van der Waals surface area contributed by atoms with Gasteiger partial charge in [0.05, 0.1) is 0 Å². The Bertz CT molecular complexity index is 292. The van der Waals surface area contributed by atoms with Crippen molar-refractivity contribution in [2.24, 2.45) is 5.73 Å². The van der Waals surface area contributed by atoms with Gasteiger partial charge in [-0.05, 0) is 31.2 Å². The molecule has 0 aliphatic carbocycles. The molecule has 4 nitrogen and oxygen atoms in total. The Balaban J connectivity index is 2.65. The van der Waals surface area contributed by atoms with Crippen molar-refractivity contribution >= 4 is 5.97 Å². The molecule has 4 heteroatoms. The lowest BCUT2D eigenvalue weighted by molar-refractivity contribution is -0.135. The summed E-state index contributed by atoms with van der Waals surface area (Å²) in [5.41, 5.74) is 5.29. The van der Waals surface area contributed by atoms with Crippen LogP contribution >= 0.6 is 0 Å². The molecule has 0 unspecified atom stereocenters. The van der Waals surface area contributed by atoms with Crippen LogP contribution in [0.3, 0.4) is 0 Å². The van der Waals surface area contributed by atoms with Crippen LogP contribution in [-0.2, 0) is 4.79 Å². The lowest BCUT2D eigenvalue weighted by Crippen LogP contribution is -2.30. The van der Waals surface area contributed by atoms with E-state index in [0.29, 0.717) is 5.75 Å². The Kier molecular flexibility index (Phi) is 2.87. The summed E-state index contributed by atoms with van der Waals surface area (Å²) in [6.45, 7) is 1.54. The van der Waals surface area contributed by atoms with Crippen LogP contribution in [0.25, 0.3) is 0 Å². The molecule has 70 valence electrons. The number of hydrogen-bond acceptors (Lipinski definition) is 4. The number of aromatic hydroxyl groups is 1. The first-order valence-electron chi connectivity index (χ1n) is 3.86. The Labute approximate surface area is 75.9 Å². The fourth-order valence-electron chi connectivity index (χ4n) is 0.723. The van der Waals surface area contributed by atoms with Gasteiger partial charge in [-0.15, -0.1) is 0 Å². The molecule has 1 aromatic rings. The predicted octanol–water partition coefficient (Wildman–Crippen LogP) is 0.645. The normalized spacial score (nSPS) is 12.2. The summed E-state index contributed by atoms with van der Waals surface area (Å²) in [5.74, 6) is 0.00591. The first kappa shape index (κ1) is 9.54. The SMILES string of the molecule is C[C@H](N)C(=O)Oc1ccc(O)cc1. The topological polar surface area (TPSA) is 72.6 Å². The van der Waals surface area contributed by atoms with E-state index in [-0.39, 0.29) is 5.75 Å². The van der Waals surface area contributed by atoms with Gasteiger partial charge in [0.2, 0.25) is 0 Å². The molecular formula is C9H11NO3. The van der Waals surface area contributed by atoms with Crippen molar-refractivity contribution in [1.29, 1.82) is 0 Å². The van der Waals surface area contributed by atoms with Crippen LogP contribution in [0.4, 0.5) is 0 Å². The zero-order chi connectivity index (χ0) is 9.84. The highest BCUT2D eigenvalue weighted by Crippen LogP contribution is 2.15. The van der Waals surface area contributed by atoms with Gasteiger partial charge in [0.1, 0.15) is 17.5 Å². The van der Waals surface area contributed by atoms with Crippen LogP contribution in [0.5, 0.6) is 11.5 Å². The molecule has 0 aromatic heterocycles. The molecule has 0 spiro atoms. The van der Waals surface area contributed by atoms with Gasteiger partial charge in [0.25, 0.3) is 0 Å². The number of hydrogen-bond donors (Lipinski definition) is 2. The quantitative estimate of drug-likeness (QED) is 0.519. The summed E-state index contributed by atoms with van der Waals surface area (Å²) in [6, 6.07) is 5.22. The van der Waals surface area contributed by atoms with E-state index in [1.807, 2.05) is 0 Å². The fraction of sp³-hybridized carbons (Fsp3) is 0.222. The van der Waals surface area contributed by atoms with Gasteiger partial charge < -0.3 is 15.6 Å². The van der Waals surface area contributed by atoms with E-state index in [0.717, 1.165) is 0 Å². The van der Waals surface area contributed by atoms with E-state index in [1.54, 1.807) is 6.92 Å². The van der Waals surface area contributed by atoms with E-state index in [1.165, 1.54) is 24.3 Å². The number of carbonyl (C=O) groups excluding carboxylic acids is 1. The van der Waals surface area contributed by atoms with Gasteiger partial charge >= 0.3 is 5.97 Å². The summed E-state index contributed by atoms with van der Waals surface area (Å²) in [4.78, 5) is 11.0. The molecule has 13 heavy (non-hydrogen) atoms. The number of phenols is 1. The molecule has 0 heterocycles. The second kappa shape index (κ2) is 3.91. The van der Waals surface area contributed by atoms with E-state index >= 15 is 0 Å². The Hall–Kier alpha value is -1.55. The number of carbonyl (C=O) groups is 1. The van der Waals surface area contributed by atoms with Crippen molar-refractivity contribution in [3.05, 3.63) is 24.3 Å². The van der Waals surface area contributed by atoms with Crippen LogP contribution < -0.4 is 10.5 Å². The second-order valence-corrected chi connectivity index (χ2v) is 2.70. The van der Waals surface area contributed by atoms with Crippen LogP contribution in [0, 0.1) is 0 Å². The highest BCUT2D eigenvalue weighted by molar-refractivity contribution is 5.77. The largest absolute Gasteiger partial charge is 0.508 e. The summed E-state index contributed by atoms with van der Waals surface area (Å²) >= 11 is 0. The molecule has 0 radical (unpaired) electrons. The van der Waals surface area contributed by atoms with Crippen molar-refractivity contribution in [3.63, 3.8) is 0 Å². The van der Waals surface area contributed by atoms with Crippen molar-refractivity contribution in [1.82, 2.24) is 0 Å². The Morgan fingerprint density at radius 3 is 2.46 bits per heavy atom. The lowest BCUT2D eigenvalue weighted by Gasteiger charge is -2.05. The molecule has 1 aromatic carbocycles. The number of ether oxygens (including phenoxy) is 1. The minimum Gasteiger partial charge on any atom is -0.508 e. The summed E-state index contributed by atoms with van der Waals surface area (Å²) < 4.78 is 4.86. The van der Waals surface area contributed by atoms with Crippen molar-refractivity contribution in [2.75, 3.05) is 0 Å². The first-order chi connectivity index (χ1) is 6.09. The van der Waals surface area contributed by atoms with Gasteiger partial charge in [0, 0.05) is 0 Å². The molecule has 0 saturated carbocycles. The second-order valence-electron chi connectivity index (χ2n) is 2.70. The number of esters is 1. The lowest BCUT2D eigenvalue weighted by atomic mass is 10.3. The zero-order valence-electron chi connectivity index (χ0n) is 7.23. The zero-order valence-corrected chi connectivity index (χ0v) is 7.23. The summed E-state index contributed by atoms with van der Waals surface area (Å²) in [6.07, 6.45) is 0. The smallest absolute Gasteiger partial charge is 0.328 e. The van der Waals surface area contributed by atoms with Crippen LogP contribution in [0.2, 0.25) is 0 Å². The molecule has 1 rings (SSSR count). The van der Waals surface area contributed by atoms with Crippen molar-refractivity contribution < 1.29 is 14.6 Å². The molecular weight excluding hydrogens is 170 g/mol. The number of phenolic OH excluding ortho intramolecular Hbond substituents is 1. The predicted molar refractivity (Wildman–Crippen MR) is 47.4 cm³/mol. The monoisotopic (exact) mass is 181 g/mol. The van der Waals surface area contributed by atoms with Gasteiger partial charge in [-0.2, -0.15) is 0 Å². The summed E-state index contributed by atoms with van der Waals surface area (Å²) in [5, 5.41) is 8.93. The molecule has 0 amide bonds. The molecule has 0 saturated heterocycles. The maximum Gasteiger partial charge on any atom is 0.328 e. The van der Waals surface area contributed by atoms with E-state index in [4.69, 9.17) is 15.6 Å². The Morgan fingerprint density at radius 2 is 2.00 bits per heavy atom. The maximum absolute atomic E-state index is 11.0.